The van der Waals surface area contributed by atoms with E-state index in [0.29, 0.717) is 17.7 Å². The van der Waals surface area contributed by atoms with Crippen LogP contribution in [-0.2, 0) is 0 Å². The van der Waals surface area contributed by atoms with E-state index in [0.717, 1.165) is 82.6 Å². The number of aromatic nitrogens is 5. The molecule has 0 bridgehead atoms. The molecule has 0 atom stereocenters. The highest BCUT2D eigenvalue weighted by molar-refractivity contribution is 7.26. The average Bonchev–Trinajstić information content (AvgIpc) is 4.19. The number of fused-ring (bicyclic) bond motifs is 12. The molecule has 0 N–H and O–H groups in total. The summed E-state index contributed by atoms with van der Waals surface area (Å²) in [5.74, 6) is 1.67. The van der Waals surface area contributed by atoms with Gasteiger partial charge in [-0.15, -0.1) is 22.7 Å². The monoisotopic (exact) mass is 927 g/mol. The summed E-state index contributed by atoms with van der Waals surface area (Å²) in [7, 11) is 0. The lowest BCUT2D eigenvalue weighted by atomic mass is 10.00. The highest BCUT2D eigenvalue weighted by Gasteiger charge is 2.24. The molecule has 0 amide bonds. The van der Waals surface area contributed by atoms with Gasteiger partial charge in [-0.1, -0.05) is 170 Å². The van der Waals surface area contributed by atoms with Crippen molar-refractivity contribution in [1.82, 2.24) is 24.1 Å². The summed E-state index contributed by atoms with van der Waals surface area (Å²) in [6.07, 6.45) is 0. The Morgan fingerprint density at radius 1 is 0.271 bits per heavy atom. The van der Waals surface area contributed by atoms with Gasteiger partial charge < -0.3 is 0 Å². The third-order valence-corrected chi connectivity index (χ3v) is 16.3. The highest BCUT2D eigenvalue weighted by atomic mass is 32.1. The van der Waals surface area contributed by atoms with E-state index in [4.69, 9.17) is 15.0 Å². The minimum Gasteiger partial charge on any atom is -0.277 e. The topological polar surface area (TPSA) is 48.5 Å². The van der Waals surface area contributed by atoms with Crippen LogP contribution < -0.4 is 0 Å². The van der Waals surface area contributed by atoms with Crippen molar-refractivity contribution in [2.75, 3.05) is 0 Å². The molecule has 7 heteroatoms. The number of hydrogen-bond acceptors (Lipinski definition) is 5. The van der Waals surface area contributed by atoms with Crippen LogP contribution in [0.5, 0.6) is 0 Å². The van der Waals surface area contributed by atoms with Crippen LogP contribution in [0.25, 0.3) is 141 Å². The molecule has 0 aliphatic carbocycles. The van der Waals surface area contributed by atoms with E-state index in [2.05, 4.69) is 234 Å². The Labute approximate surface area is 409 Å². The summed E-state index contributed by atoms with van der Waals surface area (Å²) in [5.41, 5.74) is 11.7. The molecule has 0 aliphatic heterocycles. The van der Waals surface area contributed by atoms with Crippen molar-refractivity contribution in [3.63, 3.8) is 0 Å². The van der Waals surface area contributed by atoms with E-state index in [1.54, 1.807) is 0 Å². The molecule has 0 fully saturated rings. The van der Waals surface area contributed by atoms with Crippen LogP contribution in [0.2, 0.25) is 0 Å². The zero-order valence-corrected chi connectivity index (χ0v) is 39.0. The number of benzene rings is 10. The van der Waals surface area contributed by atoms with Crippen LogP contribution in [0.1, 0.15) is 0 Å². The molecule has 10 aromatic carbocycles. The van der Waals surface area contributed by atoms with Crippen molar-refractivity contribution >= 4 is 107 Å². The van der Waals surface area contributed by atoms with Crippen LogP contribution in [0.15, 0.2) is 224 Å². The number of nitrogens with zero attached hydrogens (tertiary/aromatic N) is 5. The van der Waals surface area contributed by atoms with Gasteiger partial charge in [0.25, 0.3) is 0 Å². The summed E-state index contributed by atoms with van der Waals surface area (Å²) in [5, 5.41) is 9.59. The predicted molar refractivity (Wildman–Crippen MR) is 296 cm³/mol. The van der Waals surface area contributed by atoms with E-state index in [1.807, 2.05) is 22.7 Å². The first-order valence-corrected chi connectivity index (χ1v) is 25.1. The number of para-hydroxylation sites is 4. The van der Waals surface area contributed by atoms with Gasteiger partial charge in [0.15, 0.2) is 5.82 Å². The lowest BCUT2D eigenvalue weighted by Crippen LogP contribution is -2.11. The summed E-state index contributed by atoms with van der Waals surface area (Å²) >= 11 is 3.68. The fraction of sp³-hybridized carbons (Fsp3) is 0. The molecule has 15 aromatic rings. The maximum absolute atomic E-state index is 5.67. The SMILES string of the molecule is c1ccc(-c2cccc(-c3nc(-n4c5ccccc5c5cccc(-c6ccc7sc8ccccc8c7c6)c54)nc(-n4c5ccccc5c5cccc(-c6ccc7sc8ccccc8c7c6)c54)n3)c2)cc1. The van der Waals surface area contributed by atoms with Gasteiger partial charge in [0, 0.05) is 78.6 Å². The number of thiophene rings is 2. The second-order valence-electron chi connectivity index (χ2n) is 17.9. The molecule has 0 aliphatic rings. The van der Waals surface area contributed by atoms with E-state index >= 15 is 0 Å². The van der Waals surface area contributed by atoms with Gasteiger partial charge in [0.1, 0.15) is 0 Å². The molecule has 0 radical (unpaired) electrons. The van der Waals surface area contributed by atoms with E-state index in [9.17, 15) is 0 Å². The first-order chi connectivity index (χ1) is 34.7. The zero-order chi connectivity index (χ0) is 45.9. The highest BCUT2D eigenvalue weighted by Crippen LogP contribution is 2.44. The zero-order valence-electron chi connectivity index (χ0n) is 37.4. The normalized spacial score (nSPS) is 12.0. The second kappa shape index (κ2) is 15.4. The van der Waals surface area contributed by atoms with E-state index in [-0.39, 0.29) is 0 Å². The minimum absolute atomic E-state index is 0.542. The maximum Gasteiger partial charge on any atom is 0.240 e. The molecule has 5 aromatic heterocycles. The van der Waals surface area contributed by atoms with Crippen molar-refractivity contribution in [1.29, 1.82) is 0 Å². The smallest absolute Gasteiger partial charge is 0.240 e. The van der Waals surface area contributed by atoms with E-state index < -0.39 is 0 Å². The fourth-order valence-electron chi connectivity index (χ4n) is 10.9. The number of rotatable bonds is 6. The Balaban J connectivity index is 1.04. The summed E-state index contributed by atoms with van der Waals surface area (Å²) in [6.45, 7) is 0. The third kappa shape index (κ3) is 5.99. The molecule has 5 heterocycles. The van der Waals surface area contributed by atoms with Crippen molar-refractivity contribution in [2.45, 2.75) is 0 Å². The van der Waals surface area contributed by atoms with Crippen molar-refractivity contribution < 1.29 is 0 Å². The third-order valence-electron chi connectivity index (χ3n) is 14.0. The Hall–Kier alpha value is -8.75. The molecule has 70 heavy (non-hydrogen) atoms. The lowest BCUT2D eigenvalue weighted by molar-refractivity contribution is 0.893. The van der Waals surface area contributed by atoms with E-state index in [1.165, 1.54) is 40.3 Å². The second-order valence-corrected chi connectivity index (χ2v) is 20.1. The van der Waals surface area contributed by atoms with Gasteiger partial charge in [-0.3, -0.25) is 9.13 Å². The average molecular weight is 928 g/mol. The maximum atomic E-state index is 5.67. The number of hydrogen-bond donors (Lipinski definition) is 0. The molecular weight excluding hydrogens is 891 g/mol. The summed E-state index contributed by atoms with van der Waals surface area (Å²) < 4.78 is 9.67. The van der Waals surface area contributed by atoms with Crippen LogP contribution in [0.3, 0.4) is 0 Å². The molecule has 5 nitrogen and oxygen atoms in total. The molecule has 0 unspecified atom stereocenters. The van der Waals surface area contributed by atoms with Gasteiger partial charge in [-0.05, 0) is 76.9 Å². The van der Waals surface area contributed by atoms with Gasteiger partial charge in [-0.25, -0.2) is 0 Å². The predicted octanol–water partition coefficient (Wildman–Crippen LogP) is 17.5. The minimum atomic E-state index is 0.542. The van der Waals surface area contributed by atoms with Crippen molar-refractivity contribution in [2.24, 2.45) is 0 Å². The van der Waals surface area contributed by atoms with Crippen molar-refractivity contribution in [3.8, 4) is 56.7 Å². The molecule has 0 saturated heterocycles. The van der Waals surface area contributed by atoms with Gasteiger partial charge in [0.2, 0.25) is 11.9 Å². The summed E-state index contributed by atoms with van der Waals surface area (Å²) in [4.78, 5) is 16.7. The first kappa shape index (κ1) is 39.3. The standard InChI is InChI=1S/C63H37N5S2/c1-2-15-38(16-3-1)39-17-12-18-42(35-39)61-64-62(67-53-27-8-4-19-45(53)49-25-13-23-43(59(49)67)40-31-33-57-51(36-40)47-21-6-10-29-55(47)69-57)66-63(65-61)68-54-28-9-5-20-46(54)50-26-14-24-44(60(50)68)41-32-34-58-52(37-41)48-22-7-11-30-56(48)70-58/h1-37H. The fourth-order valence-corrected chi connectivity index (χ4v) is 13.0. The first-order valence-electron chi connectivity index (χ1n) is 23.5. The van der Waals surface area contributed by atoms with Crippen LogP contribution >= 0.6 is 22.7 Å². The van der Waals surface area contributed by atoms with Crippen molar-refractivity contribution in [3.05, 3.63) is 224 Å². The van der Waals surface area contributed by atoms with Gasteiger partial charge in [-0.2, -0.15) is 15.0 Å². The molecular formula is C63H37N5S2. The van der Waals surface area contributed by atoms with Gasteiger partial charge >= 0.3 is 0 Å². The summed E-state index contributed by atoms with van der Waals surface area (Å²) in [6, 6.07) is 80.9. The Morgan fingerprint density at radius 3 is 1.26 bits per heavy atom. The molecule has 0 spiro atoms. The molecule has 326 valence electrons. The Morgan fingerprint density at radius 2 is 0.700 bits per heavy atom. The molecule has 15 rings (SSSR count). The van der Waals surface area contributed by atoms with Crippen LogP contribution in [0.4, 0.5) is 0 Å². The quantitative estimate of drug-likeness (QED) is 0.167. The Kier molecular flexibility index (Phi) is 8.63. The van der Waals surface area contributed by atoms with Crippen LogP contribution in [0, 0.1) is 0 Å². The Bertz CT molecular complexity index is 4360. The largest absolute Gasteiger partial charge is 0.277 e. The van der Waals surface area contributed by atoms with Gasteiger partial charge in [0.05, 0.1) is 22.1 Å². The van der Waals surface area contributed by atoms with Crippen LogP contribution in [-0.4, -0.2) is 24.1 Å². The lowest BCUT2D eigenvalue weighted by Gasteiger charge is -2.15. The molecule has 0 saturated carbocycles.